The second-order valence-corrected chi connectivity index (χ2v) is 15.2. The molecule has 0 aliphatic carbocycles. The first-order valence-corrected chi connectivity index (χ1v) is 23.7. The molecule has 0 radical (unpaired) electrons. The van der Waals surface area contributed by atoms with Crippen molar-refractivity contribution in [3.05, 3.63) is 97.2 Å². The maximum absolute atomic E-state index is 12.7. The van der Waals surface area contributed by atoms with Gasteiger partial charge in [-0.25, -0.2) is 0 Å². The summed E-state index contributed by atoms with van der Waals surface area (Å²) in [4.78, 5) is 37.8. The monoisotopic (exact) mass is 819 g/mol. The van der Waals surface area contributed by atoms with E-state index < -0.39 is 6.10 Å². The summed E-state index contributed by atoms with van der Waals surface area (Å²) in [7, 11) is 0. The molecule has 0 bridgehead atoms. The first kappa shape index (κ1) is 55.3. The summed E-state index contributed by atoms with van der Waals surface area (Å²) in [6.07, 6.45) is 61.2. The number of ether oxygens (including phenoxy) is 3. The summed E-state index contributed by atoms with van der Waals surface area (Å²) in [6, 6.07) is 0. The van der Waals surface area contributed by atoms with Gasteiger partial charge in [-0.15, -0.1) is 0 Å². The zero-order chi connectivity index (χ0) is 43.0. The van der Waals surface area contributed by atoms with Crippen molar-refractivity contribution in [1.29, 1.82) is 0 Å². The standard InChI is InChI=1S/C53H86O6/c1-4-7-10-13-16-19-22-25-26-27-28-29-32-34-37-40-43-46-52(55)58-49-50(59-53(56)47-44-41-38-35-31-24-21-18-15-12-9-6-3)48-57-51(54)45-42-39-36-33-30-23-20-17-14-11-8-5-2/h8-9,11-12,17-18,20-21,25-26,28-29,31,34-35,37,50H,4-7,10,13-16,19,22-24,27,30,32-33,36,38-49H2,1-3H3/b11-8-,12-9-,20-17-,21-18-,26-25-,29-28-,35-31-,37-34-. The predicted octanol–water partition coefficient (Wildman–Crippen LogP) is 15.4. The van der Waals surface area contributed by atoms with Gasteiger partial charge in [-0.3, -0.25) is 14.4 Å². The van der Waals surface area contributed by atoms with Crippen molar-refractivity contribution in [3.8, 4) is 0 Å². The van der Waals surface area contributed by atoms with Crippen LogP contribution in [0.2, 0.25) is 0 Å². The van der Waals surface area contributed by atoms with Crippen molar-refractivity contribution < 1.29 is 28.6 Å². The summed E-state index contributed by atoms with van der Waals surface area (Å²) in [5, 5.41) is 0. The highest BCUT2D eigenvalue weighted by Crippen LogP contribution is 2.11. The topological polar surface area (TPSA) is 78.9 Å². The molecule has 0 aromatic rings. The third kappa shape index (κ3) is 45.3. The molecule has 0 N–H and O–H groups in total. The molecule has 1 unspecified atom stereocenters. The molecule has 59 heavy (non-hydrogen) atoms. The molecule has 0 amide bonds. The third-order valence-corrected chi connectivity index (χ3v) is 9.55. The van der Waals surface area contributed by atoms with Crippen LogP contribution in [-0.4, -0.2) is 37.2 Å². The largest absolute Gasteiger partial charge is 0.462 e. The Morgan fingerprint density at radius 3 is 1.14 bits per heavy atom. The molecule has 0 spiro atoms. The number of unbranched alkanes of at least 4 members (excludes halogenated alkanes) is 14. The maximum atomic E-state index is 12.7. The van der Waals surface area contributed by atoms with Gasteiger partial charge in [0.25, 0.3) is 0 Å². The number of hydrogen-bond acceptors (Lipinski definition) is 6. The highest BCUT2D eigenvalue weighted by atomic mass is 16.6. The molecule has 0 rings (SSSR count). The van der Waals surface area contributed by atoms with Gasteiger partial charge in [0.1, 0.15) is 13.2 Å². The molecule has 0 aliphatic rings. The van der Waals surface area contributed by atoms with E-state index in [9.17, 15) is 14.4 Å². The van der Waals surface area contributed by atoms with Crippen LogP contribution in [0.15, 0.2) is 97.2 Å². The summed E-state index contributed by atoms with van der Waals surface area (Å²) < 4.78 is 16.6. The predicted molar refractivity (Wildman–Crippen MR) is 251 cm³/mol. The minimum atomic E-state index is -0.822. The molecule has 1 atom stereocenters. The van der Waals surface area contributed by atoms with E-state index in [1.54, 1.807) is 0 Å². The lowest BCUT2D eigenvalue weighted by Crippen LogP contribution is -2.30. The van der Waals surface area contributed by atoms with Crippen LogP contribution in [0, 0.1) is 0 Å². The van der Waals surface area contributed by atoms with Crippen LogP contribution in [-0.2, 0) is 28.6 Å². The summed E-state index contributed by atoms with van der Waals surface area (Å²) >= 11 is 0. The van der Waals surface area contributed by atoms with E-state index in [1.165, 1.54) is 44.9 Å². The van der Waals surface area contributed by atoms with Gasteiger partial charge < -0.3 is 14.2 Å². The Bertz CT molecular complexity index is 1220. The van der Waals surface area contributed by atoms with E-state index in [0.29, 0.717) is 19.3 Å². The highest BCUT2D eigenvalue weighted by Gasteiger charge is 2.19. The Kier molecular flexibility index (Phi) is 44.1. The molecule has 0 saturated carbocycles. The quantitative estimate of drug-likeness (QED) is 0.0265. The minimum Gasteiger partial charge on any atom is -0.462 e. The van der Waals surface area contributed by atoms with Crippen LogP contribution in [0.4, 0.5) is 0 Å². The Morgan fingerprint density at radius 2 is 0.678 bits per heavy atom. The smallest absolute Gasteiger partial charge is 0.306 e. The second kappa shape index (κ2) is 47.0. The van der Waals surface area contributed by atoms with Crippen LogP contribution in [0.5, 0.6) is 0 Å². The third-order valence-electron chi connectivity index (χ3n) is 9.55. The van der Waals surface area contributed by atoms with Gasteiger partial charge in [0.05, 0.1) is 0 Å². The number of hydrogen-bond donors (Lipinski definition) is 0. The fraction of sp³-hybridized carbons (Fsp3) is 0.642. The van der Waals surface area contributed by atoms with Crippen molar-refractivity contribution in [2.24, 2.45) is 0 Å². The number of esters is 3. The minimum absolute atomic E-state index is 0.118. The van der Waals surface area contributed by atoms with Gasteiger partial charge in [0, 0.05) is 19.3 Å². The van der Waals surface area contributed by atoms with E-state index in [4.69, 9.17) is 14.2 Å². The van der Waals surface area contributed by atoms with Crippen molar-refractivity contribution in [2.75, 3.05) is 13.2 Å². The van der Waals surface area contributed by atoms with Crippen LogP contribution in [0.25, 0.3) is 0 Å². The average Bonchev–Trinajstić information content (AvgIpc) is 3.23. The molecule has 0 aromatic heterocycles. The molecule has 0 aromatic carbocycles. The number of allylic oxidation sites excluding steroid dienone is 16. The Labute approximate surface area is 362 Å². The van der Waals surface area contributed by atoms with Crippen molar-refractivity contribution in [2.45, 2.75) is 207 Å². The molecule has 0 aliphatic heterocycles. The number of carbonyl (C=O) groups excluding carboxylic acids is 3. The lowest BCUT2D eigenvalue weighted by Gasteiger charge is -2.18. The Balaban J connectivity index is 4.53. The fourth-order valence-electron chi connectivity index (χ4n) is 6.04. The molecule has 6 heteroatoms. The first-order chi connectivity index (χ1) is 29.0. The normalized spacial score (nSPS) is 12.9. The molecule has 6 nitrogen and oxygen atoms in total. The van der Waals surface area contributed by atoms with Crippen LogP contribution >= 0.6 is 0 Å². The first-order valence-electron chi connectivity index (χ1n) is 23.7. The van der Waals surface area contributed by atoms with Gasteiger partial charge >= 0.3 is 17.9 Å². The summed E-state index contributed by atoms with van der Waals surface area (Å²) in [5.74, 6) is -1.04. The van der Waals surface area contributed by atoms with Crippen molar-refractivity contribution in [3.63, 3.8) is 0 Å². The van der Waals surface area contributed by atoms with Gasteiger partial charge in [0.2, 0.25) is 0 Å². The van der Waals surface area contributed by atoms with Crippen LogP contribution in [0.1, 0.15) is 201 Å². The van der Waals surface area contributed by atoms with Crippen molar-refractivity contribution >= 4 is 17.9 Å². The maximum Gasteiger partial charge on any atom is 0.306 e. The fourth-order valence-corrected chi connectivity index (χ4v) is 6.04. The van der Waals surface area contributed by atoms with E-state index in [-0.39, 0.29) is 44.0 Å². The Morgan fingerprint density at radius 1 is 0.356 bits per heavy atom. The summed E-state index contributed by atoms with van der Waals surface area (Å²) in [6.45, 7) is 6.29. The van der Waals surface area contributed by atoms with Crippen LogP contribution < -0.4 is 0 Å². The van der Waals surface area contributed by atoms with E-state index in [2.05, 4.69) is 118 Å². The molecule has 0 saturated heterocycles. The van der Waals surface area contributed by atoms with E-state index in [0.717, 1.165) is 103 Å². The number of carbonyl (C=O) groups is 3. The highest BCUT2D eigenvalue weighted by molar-refractivity contribution is 5.71. The average molecular weight is 819 g/mol. The second-order valence-electron chi connectivity index (χ2n) is 15.2. The van der Waals surface area contributed by atoms with Gasteiger partial charge in [-0.2, -0.15) is 0 Å². The molecular weight excluding hydrogens is 733 g/mol. The van der Waals surface area contributed by atoms with Gasteiger partial charge in [-0.05, 0) is 109 Å². The van der Waals surface area contributed by atoms with Crippen LogP contribution in [0.3, 0.4) is 0 Å². The molecular formula is C53H86O6. The zero-order valence-corrected chi connectivity index (χ0v) is 38.0. The SMILES string of the molecule is CC/C=C\C/C=C\C/C=C\CCCCC(=O)OC(COC(=O)CCC/C=C\C/C=C\C/C=C\CCCCCCCC)COC(=O)CCCCCCC/C=C\C/C=C\CC. The molecule has 0 fully saturated rings. The Hall–Kier alpha value is -3.67. The number of rotatable bonds is 41. The summed E-state index contributed by atoms with van der Waals surface area (Å²) in [5.41, 5.74) is 0. The molecule has 334 valence electrons. The lowest BCUT2D eigenvalue weighted by atomic mass is 10.1. The molecule has 0 heterocycles. The van der Waals surface area contributed by atoms with E-state index >= 15 is 0 Å². The van der Waals surface area contributed by atoms with E-state index in [1.807, 2.05) is 0 Å². The van der Waals surface area contributed by atoms with Crippen molar-refractivity contribution in [1.82, 2.24) is 0 Å². The zero-order valence-electron chi connectivity index (χ0n) is 38.0. The lowest BCUT2D eigenvalue weighted by molar-refractivity contribution is -0.167. The van der Waals surface area contributed by atoms with Gasteiger partial charge in [-0.1, -0.05) is 169 Å². The van der Waals surface area contributed by atoms with Gasteiger partial charge in [0.15, 0.2) is 6.10 Å².